The van der Waals surface area contributed by atoms with Crippen molar-refractivity contribution < 1.29 is 8.42 Å². The van der Waals surface area contributed by atoms with Gasteiger partial charge in [-0.3, -0.25) is 4.79 Å². The van der Waals surface area contributed by atoms with Gasteiger partial charge in [-0.25, -0.2) is 17.8 Å². The second-order valence-electron chi connectivity index (χ2n) is 4.35. The summed E-state index contributed by atoms with van der Waals surface area (Å²) < 4.78 is 26.0. The summed E-state index contributed by atoms with van der Waals surface area (Å²) in [7, 11) is -3.20. The minimum atomic E-state index is -3.20. The van der Waals surface area contributed by atoms with Crippen molar-refractivity contribution in [1.82, 2.24) is 14.5 Å². The molecule has 114 valence electrons. The largest absolute Gasteiger partial charge is 0.381 e. The number of anilines is 1. The van der Waals surface area contributed by atoms with Crippen molar-refractivity contribution in [1.29, 1.82) is 0 Å². The van der Waals surface area contributed by atoms with Gasteiger partial charge in [-0.05, 0) is 22.4 Å². The summed E-state index contributed by atoms with van der Waals surface area (Å²) in [6.45, 7) is 3.24. The molecule has 0 atom stereocenters. The Labute approximate surface area is 126 Å². The summed E-state index contributed by atoms with van der Waals surface area (Å²) in [6.07, 6.45) is 4.54. The standard InChI is InChI=1S/C11H19BrN4O3S/c1-3-4-7-16-11(17)10(12)9(8-14-16)13-5-6-15-20(2,18)19/h8,13,15H,3-7H2,1-2H3. The number of rotatable bonds is 8. The molecule has 0 aliphatic heterocycles. The van der Waals surface area contributed by atoms with Gasteiger partial charge in [-0.1, -0.05) is 13.3 Å². The van der Waals surface area contributed by atoms with Gasteiger partial charge in [0.25, 0.3) is 5.56 Å². The summed E-state index contributed by atoms with van der Waals surface area (Å²) >= 11 is 3.24. The van der Waals surface area contributed by atoms with Gasteiger partial charge in [-0.15, -0.1) is 0 Å². The number of nitrogens with one attached hydrogen (secondary N) is 2. The molecule has 1 heterocycles. The number of hydrogen-bond acceptors (Lipinski definition) is 5. The first kappa shape index (κ1) is 17.1. The van der Waals surface area contributed by atoms with Crippen molar-refractivity contribution in [3.63, 3.8) is 0 Å². The minimum Gasteiger partial charge on any atom is -0.381 e. The third-order valence-electron chi connectivity index (χ3n) is 2.51. The van der Waals surface area contributed by atoms with E-state index in [1.165, 1.54) is 4.68 Å². The molecule has 2 N–H and O–H groups in total. The molecule has 0 unspecified atom stereocenters. The van der Waals surface area contributed by atoms with Gasteiger partial charge in [0.1, 0.15) is 4.47 Å². The van der Waals surface area contributed by atoms with Gasteiger partial charge < -0.3 is 5.32 Å². The molecule has 0 saturated carbocycles. The molecular weight excluding hydrogens is 348 g/mol. The highest BCUT2D eigenvalue weighted by molar-refractivity contribution is 9.10. The molecule has 0 bridgehead atoms. The van der Waals surface area contributed by atoms with E-state index in [4.69, 9.17) is 0 Å². The van der Waals surface area contributed by atoms with Crippen molar-refractivity contribution >= 4 is 31.6 Å². The van der Waals surface area contributed by atoms with E-state index < -0.39 is 10.0 Å². The smallest absolute Gasteiger partial charge is 0.283 e. The third kappa shape index (κ3) is 5.59. The lowest BCUT2D eigenvalue weighted by Gasteiger charge is -2.10. The molecule has 20 heavy (non-hydrogen) atoms. The van der Waals surface area contributed by atoms with Crippen LogP contribution in [0.1, 0.15) is 19.8 Å². The first-order valence-corrected chi connectivity index (χ1v) is 8.97. The van der Waals surface area contributed by atoms with E-state index >= 15 is 0 Å². The fourth-order valence-corrected chi connectivity index (χ4v) is 2.41. The van der Waals surface area contributed by atoms with E-state index in [1.54, 1.807) is 6.20 Å². The van der Waals surface area contributed by atoms with Crippen LogP contribution in [0.3, 0.4) is 0 Å². The lowest BCUT2D eigenvalue weighted by Crippen LogP contribution is -2.29. The summed E-state index contributed by atoms with van der Waals surface area (Å²) in [6, 6.07) is 0. The highest BCUT2D eigenvalue weighted by Gasteiger charge is 2.08. The van der Waals surface area contributed by atoms with Gasteiger partial charge in [0.05, 0.1) is 18.1 Å². The number of aryl methyl sites for hydroxylation is 1. The van der Waals surface area contributed by atoms with Crippen molar-refractivity contribution in [3.05, 3.63) is 21.0 Å². The van der Waals surface area contributed by atoms with Crippen molar-refractivity contribution in [3.8, 4) is 0 Å². The summed E-state index contributed by atoms with van der Waals surface area (Å²) in [5, 5.41) is 7.04. The summed E-state index contributed by atoms with van der Waals surface area (Å²) in [4.78, 5) is 12.0. The summed E-state index contributed by atoms with van der Waals surface area (Å²) in [5.41, 5.74) is 0.359. The second-order valence-corrected chi connectivity index (χ2v) is 6.97. The Bertz CT molecular complexity index is 600. The maximum atomic E-state index is 12.0. The topological polar surface area (TPSA) is 93.1 Å². The van der Waals surface area contributed by atoms with E-state index in [0.29, 0.717) is 23.2 Å². The molecular formula is C11H19BrN4O3S. The highest BCUT2D eigenvalue weighted by Crippen LogP contribution is 2.15. The monoisotopic (exact) mass is 366 g/mol. The number of nitrogens with zero attached hydrogens (tertiary/aromatic N) is 2. The van der Waals surface area contributed by atoms with Crippen molar-refractivity contribution in [2.24, 2.45) is 0 Å². The van der Waals surface area contributed by atoms with Crippen LogP contribution in [-0.4, -0.2) is 37.5 Å². The average Bonchev–Trinajstić information content (AvgIpc) is 2.37. The molecule has 0 fully saturated rings. The third-order valence-corrected chi connectivity index (χ3v) is 4.01. The summed E-state index contributed by atoms with van der Waals surface area (Å²) in [5.74, 6) is 0. The first-order valence-electron chi connectivity index (χ1n) is 6.29. The van der Waals surface area contributed by atoms with Gasteiger partial charge in [0.15, 0.2) is 0 Å². The zero-order chi connectivity index (χ0) is 15.2. The molecule has 1 aromatic rings. The van der Waals surface area contributed by atoms with Crippen LogP contribution < -0.4 is 15.6 Å². The highest BCUT2D eigenvalue weighted by atomic mass is 79.9. The fourth-order valence-electron chi connectivity index (χ4n) is 1.49. The van der Waals surface area contributed by atoms with Crippen molar-refractivity contribution in [2.45, 2.75) is 26.3 Å². The van der Waals surface area contributed by atoms with Crippen LogP contribution in [0.4, 0.5) is 5.69 Å². The van der Waals surface area contributed by atoms with Gasteiger partial charge in [-0.2, -0.15) is 5.10 Å². The minimum absolute atomic E-state index is 0.195. The second kappa shape index (κ2) is 7.75. The number of unbranched alkanes of at least 4 members (excludes halogenated alkanes) is 1. The van der Waals surface area contributed by atoms with Crippen LogP contribution in [0.15, 0.2) is 15.5 Å². The van der Waals surface area contributed by atoms with Gasteiger partial charge in [0, 0.05) is 19.6 Å². The lowest BCUT2D eigenvalue weighted by molar-refractivity contribution is 0.541. The van der Waals surface area contributed by atoms with E-state index in [1.807, 2.05) is 6.92 Å². The lowest BCUT2D eigenvalue weighted by atomic mass is 10.3. The average molecular weight is 367 g/mol. The van der Waals surface area contributed by atoms with Crippen LogP contribution >= 0.6 is 15.9 Å². The zero-order valence-electron chi connectivity index (χ0n) is 11.5. The molecule has 0 aliphatic carbocycles. The maximum Gasteiger partial charge on any atom is 0.283 e. The van der Waals surface area contributed by atoms with Crippen LogP contribution in [-0.2, 0) is 16.6 Å². The Kier molecular flexibility index (Phi) is 6.63. The Morgan fingerprint density at radius 3 is 2.70 bits per heavy atom. The van der Waals surface area contributed by atoms with Crippen LogP contribution in [0.5, 0.6) is 0 Å². The molecule has 0 amide bonds. The van der Waals surface area contributed by atoms with E-state index in [9.17, 15) is 13.2 Å². The van der Waals surface area contributed by atoms with E-state index in [0.717, 1.165) is 19.1 Å². The van der Waals surface area contributed by atoms with Crippen LogP contribution in [0.2, 0.25) is 0 Å². The maximum absolute atomic E-state index is 12.0. The fraction of sp³-hybridized carbons (Fsp3) is 0.636. The molecule has 0 saturated heterocycles. The Hall–Kier alpha value is -0.930. The molecule has 0 aromatic carbocycles. The Balaban J connectivity index is 2.64. The molecule has 0 spiro atoms. The molecule has 1 rings (SSSR count). The molecule has 9 heteroatoms. The van der Waals surface area contributed by atoms with Crippen molar-refractivity contribution in [2.75, 3.05) is 24.7 Å². The molecule has 1 aromatic heterocycles. The quantitative estimate of drug-likeness (QED) is 0.662. The molecule has 0 radical (unpaired) electrons. The van der Waals surface area contributed by atoms with Crippen LogP contribution in [0.25, 0.3) is 0 Å². The molecule has 0 aliphatic rings. The first-order chi connectivity index (χ1) is 9.35. The zero-order valence-corrected chi connectivity index (χ0v) is 13.9. The SMILES string of the molecule is CCCCn1ncc(NCCNS(C)(=O)=O)c(Br)c1=O. The predicted molar refractivity (Wildman–Crippen MR) is 82.4 cm³/mol. The molecule has 7 nitrogen and oxygen atoms in total. The number of sulfonamides is 1. The Morgan fingerprint density at radius 1 is 1.40 bits per heavy atom. The predicted octanol–water partition coefficient (Wildman–Crippen LogP) is 0.767. The van der Waals surface area contributed by atoms with Crippen LogP contribution in [0, 0.1) is 0 Å². The Morgan fingerprint density at radius 2 is 2.10 bits per heavy atom. The van der Waals surface area contributed by atoms with Gasteiger partial charge in [0.2, 0.25) is 10.0 Å². The van der Waals surface area contributed by atoms with E-state index in [-0.39, 0.29) is 12.1 Å². The number of halogens is 1. The van der Waals surface area contributed by atoms with E-state index in [2.05, 4.69) is 31.1 Å². The normalized spacial score (nSPS) is 11.6. The van der Waals surface area contributed by atoms with Gasteiger partial charge >= 0.3 is 0 Å². The number of aromatic nitrogens is 2. The number of hydrogen-bond donors (Lipinski definition) is 2.